The van der Waals surface area contributed by atoms with Crippen LogP contribution in [0.15, 0.2) is 9.31 Å². The number of furan rings is 1. The Hall–Kier alpha value is -1.38. The van der Waals surface area contributed by atoms with Crippen LogP contribution >= 0.6 is 0 Å². The summed E-state index contributed by atoms with van der Waals surface area (Å²) < 4.78 is 35.8. The molecular formula is C12H19NO6S. The predicted molar refractivity (Wildman–Crippen MR) is 71.0 cm³/mol. The molecule has 0 aliphatic heterocycles. The highest BCUT2D eigenvalue weighted by Crippen LogP contribution is 2.29. The topological polar surface area (TPSA) is 97.0 Å². The van der Waals surface area contributed by atoms with Gasteiger partial charge in [0, 0.05) is 13.6 Å². The van der Waals surface area contributed by atoms with Crippen LogP contribution < -0.4 is 0 Å². The van der Waals surface area contributed by atoms with Gasteiger partial charge in [0.2, 0.25) is 10.0 Å². The van der Waals surface area contributed by atoms with E-state index in [1.54, 1.807) is 0 Å². The fourth-order valence-corrected chi connectivity index (χ4v) is 3.55. The van der Waals surface area contributed by atoms with Gasteiger partial charge >= 0.3 is 5.97 Å². The number of methoxy groups -OCH3 is 1. The molecular weight excluding hydrogens is 286 g/mol. The number of aliphatic hydroxyl groups is 1. The summed E-state index contributed by atoms with van der Waals surface area (Å²) in [6, 6.07) is 0. The quantitative estimate of drug-likeness (QED) is 0.804. The number of hydrogen-bond acceptors (Lipinski definition) is 6. The molecule has 20 heavy (non-hydrogen) atoms. The minimum absolute atomic E-state index is 0.0907. The summed E-state index contributed by atoms with van der Waals surface area (Å²) in [5, 5.41) is 9.31. The van der Waals surface area contributed by atoms with E-state index >= 15 is 0 Å². The molecule has 7 nitrogen and oxygen atoms in total. The number of hydrogen-bond donors (Lipinski definition) is 1. The maximum Gasteiger partial charge on any atom is 0.342 e. The first-order chi connectivity index (χ1) is 9.12. The lowest BCUT2D eigenvalue weighted by Crippen LogP contribution is -2.34. The Labute approximate surface area is 118 Å². The Morgan fingerprint density at radius 2 is 1.95 bits per heavy atom. The fourth-order valence-electron chi connectivity index (χ4n) is 1.94. The minimum Gasteiger partial charge on any atom is -0.465 e. The van der Waals surface area contributed by atoms with Crippen molar-refractivity contribution in [1.29, 1.82) is 0 Å². The number of carbonyl (C=O) groups is 1. The maximum atomic E-state index is 12.5. The number of likely N-dealkylation sites (N-methyl/N-ethyl adjacent to an activating group) is 1. The molecule has 0 bridgehead atoms. The summed E-state index contributed by atoms with van der Waals surface area (Å²) in [6.07, 6.45) is -0.829. The molecule has 0 amide bonds. The van der Waals surface area contributed by atoms with Crippen molar-refractivity contribution in [3.63, 3.8) is 0 Å². The van der Waals surface area contributed by atoms with Gasteiger partial charge in [0.05, 0.1) is 13.2 Å². The normalized spacial score (nSPS) is 13.6. The number of aliphatic hydroxyl groups excluding tert-OH is 1. The monoisotopic (exact) mass is 305 g/mol. The Morgan fingerprint density at radius 1 is 1.40 bits per heavy atom. The van der Waals surface area contributed by atoms with E-state index in [1.807, 2.05) is 0 Å². The molecule has 1 atom stereocenters. The maximum absolute atomic E-state index is 12.5. The van der Waals surface area contributed by atoms with Gasteiger partial charge in [0.15, 0.2) is 0 Å². The molecule has 1 rings (SSSR count). The molecule has 0 saturated carbocycles. The highest BCUT2D eigenvalue weighted by molar-refractivity contribution is 7.89. The summed E-state index contributed by atoms with van der Waals surface area (Å²) >= 11 is 0. The van der Waals surface area contributed by atoms with Crippen LogP contribution in [-0.2, 0) is 14.8 Å². The van der Waals surface area contributed by atoms with Gasteiger partial charge < -0.3 is 14.3 Å². The molecule has 0 aromatic carbocycles. The van der Waals surface area contributed by atoms with Gasteiger partial charge in [-0.1, -0.05) is 0 Å². The second kappa shape index (κ2) is 5.94. The summed E-state index contributed by atoms with van der Waals surface area (Å²) in [4.78, 5) is 11.5. The van der Waals surface area contributed by atoms with Crippen LogP contribution in [0.4, 0.5) is 0 Å². The number of ether oxygens (including phenoxy) is 1. The van der Waals surface area contributed by atoms with Crippen molar-refractivity contribution < 1.29 is 27.5 Å². The number of nitrogens with zero attached hydrogens (tertiary/aromatic N) is 1. The van der Waals surface area contributed by atoms with Gasteiger partial charge in [-0.3, -0.25) is 0 Å². The molecule has 0 aliphatic rings. The van der Waals surface area contributed by atoms with Crippen molar-refractivity contribution in [3.05, 3.63) is 17.1 Å². The molecule has 8 heteroatoms. The van der Waals surface area contributed by atoms with Crippen molar-refractivity contribution in [2.24, 2.45) is 0 Å². The van der Waals surface area contributed by atoms with E-state index < -0.39 is 22.1 Å². The third-order valence-electron chi connectivity index (χ3n) is 2.78. The van der Waals surface area contributed by atoms with E-state index in [9.17, 15) is 18.3 Å². The van der Waals surface area contributed by atoms with Gasteiger partial charge in [0.25, 0.3) is 0 Å². The number of esters is 1. The van der Waals surface area contributed by atoms with Crippen LogP contribution in [0.5, 0.6) is 0 Å². The van der Waals surface area contributed by atoms with E-state index in [2.05, 4.69) is 4.74 Å². The summed E-state index contributed by atoms with van der Waals surface area (Å²) in [5.74, 6) is -0.484. The van der Waals surface area contributed by atoms with E-state index in [-0.39, 0.29) is 28.5 Å². The average molecular weight is 305 g/mol. The van der Waals surface area contributed by atoms with Crippen LogP contribution in [0.1, 0.15) is 28.8 Å². The molecule has 114 valence electrons. The summed E-state index contributed by atoms with van der Waals surface area (Å²) in [6.45, 7) is 4.34. The van der Waals surface area contributed by atoms with Gasteiger partial charge in [0.1, 0.15) is 22.0 Å². The lowest BCUT2D eigenvalue weighted by atomic mass is 10.2. The molecule has 0 saturated heterocycles. The number of sulfonamides is 1. The third-order valence-corrected chi connectivity index (χ3v) is 4.76. The molecule has 1 heterocycles. The van der Waals surface area contributed by atoms with Crippen molar-refractivity contribution in [3.8, 4) is 0 Å². The molecule has 0 radical (unpaired) electrons. The van der Waals surface area contributed by atoms with Gasteiger partial charge in [-0.25, -0.2) is 13.2 Å². The largest absolute Gasteiger partial charge is 0.465 e. The predicted octanol–water partition coefficient (Wildman–Crippen LogP) is 0.684. The summed E-state index contributed by atoms with van der Waals surface area (Å²) in [7, 11) is -1.46. The number of carbonyl (C=O) groups excluding carboxylic acids is 1. The molecule has 0 spiro atoms. The zero-order valence-corrected chi connectivity index (χ0v) is 12.9. The number of aryl methyl sites for hydroxylation is 2. The zero-order valence-electron chi connectivity index (χ0n) is 12.1. The first kappa shape index (κ1) is 16.7. The van der Waals surface area contributed by atoms with Gasteiger partial charge in [-0.2, -0.15) is 4.31 Å². The van der Waals surface area contributed by atoms with E-state index in [0.29, 0.717) is 0 Å². The summed E-state index contributed by atoms with van der Waals surface area (Å²) in [5.41, 5.74) is -0.109. The van der Waals surface area contributed by atoms with Crippen LogP contribution in [0.2, 0.25) is 0 Å². The van der Waals surface area contributed by atoms with Crippen molar-refractivity contribution in [2.45, 2.75) is 31.8 Å². The zero-order chi connectivity index (χ0) is 15.7. The first-order valence-electron chi connectivity index (χ1n) is 5.95. The Kier molecular flexibility index (Phi) is 4.95. The molecule has 1 aromatic heterocycles. The van der Waals surface area contributed by atoms with E-state index in [0.717, 1.165) is 4.31 Å². The lowest BCUT2D eigenvalue weighted by Gasteiger charge is -2.18. The van der Waals surface area contributed by atoms with Gasteiger partial charge in [-0.05, 0) is 20.8 Å². The molecule has 0 aliphatic carbocycles. The number of rotatable bonds is 5. The van der Waals surface area contributed by atoms with E-state index in [4.69, 9.17) is 4.42 Å². The molecule has 1 aromatic rings. The lowest BCUT2D eigenvalue weighted by molar-refractivity contribution is 0.0594. The second-order valence-electron chi connectivity index (χ2n) is 4.54. The Bertz CT molecular complexity index is 602. The Morgan fingerprint density at radius 3 is 2.40 bits per heavy atom. The third kappa shape index (κ3) is 3.02. The molecule has 1 unspecified atom stereocenters. The smallest absolute Gasteiger partial charge is 0.342 e. The van der Waals surface area contributed by atoms with E-state index in [1.165, 1.54) is 34.9 Å². The standard InChI is InChI=1S/C12H19NO6S/c1-7(14)6-13(4)20(16,17)11-9(3)19-8(2)10(11)12(15)18-5/h7,14H,6H2,1-5H3. The van der Waals surface area contributed by atoms with Crippen molar-refractivity contribution >= 4 is 16.0 Å². The van der Waals surface area contributed by atoms with Gasteiger partial charge in [-0.15, -0.1) is 0 Å². The first-order valence-corrected chi connectivity index (χ1v) is 7.39. The van der Waals surface area contributed by atoms with Crippen LogP contribution in [0.3, 0.4) is 0 Å². The SMILES string of the molecule is COC(=O)c1c(C)oc(C)c1S(=O)(=O)N(C)CC(C)O. The Balaban J connectivity index is 3.42. The second-order valence-corrected chi connectivity index (χ2v) is 6.53. The highest BCUT2D eigenvalue weighted by Gasteiger charge is 2.34. The van der Waals surface area contributed by atoms with Crippen LogP contribution in [0, 0.1) is 13.8 Å². The highest BCUT2D eigenvalue weighted by atomic mass is 32.2. The average Bonchev–Trinajstić information content (AvgIpc) is 2.62. The van der Waals surface area contributed by atoms with Crippen LogP contribution in [-0.4, -0.2) is 50.6 Å². The van der Waals surface area contributed by atoms with Crippen molar-refractivity contribution in [1.82, 2.24) is 4.31 Å². The fraction of sp³-hybridized carbons (Fsp3) is 0.583. The molecule has 1 N–H and O–H groups in total. The van der Waals surface area contributed by atoms with Crippen LogP contribution in [0.25, 0.3) is 0 Å². The molecule has 0 fully saturated rings. The minimum atomic E-state index is -3.95. The van der Waals surface area contributed by atoms with Crippen molar-refractivity contribution in [2.75, 3.05) is 20.7 Å².